The van der Waals surface area contributed by atoms with Gasteiger partial charge in [0.2, 0.25) is 0 Å². The SMILES string of the molecule is Cc1cc2nc(-c3nc(Br)cs3)sc2c(-c2ccc(Cl)cc2)c1[C@H](OC(C)(C)C)C(=O)O. The lowest BCUT2D eigenvalue weighted by Crippen LogP contribution is -2.28. The molecule has 0 aliphatic rings. The van der Waals surface area contributed by atoms with Gasteiger partial charge in [-0.3, -0.25) is 0 Å². The van der Waals surface area contributed by atoms with Crippen LogP contribution in [0.5, 0.6) is 0 Å². The molecule has 4 rings (SSSR count). The number of nitrogens with zero attached hydrogens (tertiary/aromatic N) is 2. The summed E-state index contributed by atoms with van der Waals surface area (Å²) in [4.78, 5) is 21.7. The second kappa shape index (κ2) is 8.83. The third kappa shape index (κ3) is 4.75. The number of hydrogen-bond donors (Lipinski definition) is 1. The molecule has 0 saturated heterocycles. The predicted octanol–water partition coefficient (Wildman–Crippen LogP) is 7.75. The summed E-state index contributed by atoms with van der Waals surface area (Å²) in [6.45, 7) is 7.45. The molecular formula is C23H20BrClN2O3S2. The lowest BCUT2D eigenvalue weighted by atomic mass is 9.91. The molecule has 0 fully saturated rings. The highest BCUT2D eigenvalue weighted by atomic mass is 79.9. The van der Waals surface area contributed by atoms with Crippen molar-refractivity contribution in [2.45, 2.75) is 39.4 Å². The van der Waals surface area contributed by atoms with Crippen LogP contribution >= 0.6 is 50.2 Å². The van der Waals surface area contributed by atoms with Gasteiger partial charge in [0, 0.05) is 21.5 Å². The number of halogens is 2. The number of benzene rings is 2. The second-order valence-electron chi connectivity index (χ2n) is 8.28. The fraction of sp³-hybridized carbons (Fsp3) is 0.261. The molecule has 0 aliphatic heterocycles. The highest BCUT2D eigenvalue weighted by Gasteiger charge is 2.32. The van der Waals surface area contributed by atoms with Gasteiger partial charge in [0.15, 0.2) is 16.1 Å². The molecule has 32 heavy (non-hydrogen) atoms. The lowest BCUT2D eigenvalue weighted by molar-refractivity contribution is -0.160. The zero-order valence-electron chi connectivity index (χ0n) is 17.8. The third-order valence-electron chi connectivity index (χ3n) is 4.68. The quantitative estimate of drug-likeness (QED) is 0.274. The summed E-state index contributed by atoms with van der Waals surface area (Å²) in [6, 6.07) is 9.32. The number of aromatic nitrogens is 2. The Morgan fingerprint density at radius 2 is 1.88 bits per heavy atom. The summed E-state index contributed by atoms with van der Waals surface area (Å²) in [5.74, 6) is -1.04. The number of rotatable bonds is 5. The molecule has 2 heterocycles. The van der Waals surface area contributed by atoms with Gasteiger partial charge >= 0.3 is 5.97 Å². The van der Waals surface area contributed by atoms with Crippen molar-refractivity contribution >= 4 is 66.4 Å². The fourth-order valence-corrected chi connectivity index (χ4v) is 6.02. The van der Waals surface area contributed by atoms with E-state index in [4.69, 9.17) is 21.3 Å². The summed E-state index contributed by atoms with van der Waals surface area (Å²) >= 11 is 12.5. The summed E-state index contributed by atoms with van der Waals surface area (Å²) < 4.78 is 7.69. The molecule has 1 atom stereocenters. The van der Waals surface area contributed by atoms with Gasteiger partial charge in [-0.15, -0.1) is 22.7 Å². The summed E-state index contributed by atoms with van der Waals surface area (Å²) in [7, 11) is 0. The molecular weight excluding hydrogens is 532 g/mol. The minimum absolute atomic E-state index is 0.609. The molecule has 9 heteroatoms. The van der Waals surface area contributed by atoms with Crippen LogP contribution in [0.25, 0.3) is 31.4 Å². The molecule has 0 radical (unpaired) electrons. The second-order valence-corrected chi connectivity index (χ2v) is 11.4. The van der Waals surface area contributed by atoms with E-state index in [2.05, 4.69) is 20.9 Å². The Balaban J connectivity index is 2.03. The van der Waals surface area contributed by atoms with Gasteiger partial charge in [0.25, 0.3) is 0 Å². The molecule has 1 N–H and O–H groups in total. The van der Waals surface area contributed by atoms with Crippen LogP contribution in [0.1, 0.15) is 38.0 Å². The summed E-state index contributed by atoms with van der Waals surface area (Å²) in [6.07, 6.45) is -1.13. The molecule has 2 aromatic carbocycles. The van der Waals surface area contributed by atoms with Crippen molar-refractivity contribution in [1.29, 1.82) is 0 Å². The number of aliphatic carboxylic acids is 1. The Morgan fingerprint density at radius 3 is 2.44 bits per heavy atom. The minimum atomic E-state index is -1.13. The van der Waals surface area contributed by atoms with Gasteiger partial charge in [-0.25, -0.2) is 14.8 Å². The molecule has 0 bridgehead atoms. The highest BCUT2D eigenvalue weighted by Crippen LogP contribution is 2.44. The Bertz CT molecular complexity index is 1310. The van der Waals surface area contributed by atoms with E-state index >= 15 is 0 Å². The molecule has 5 nitrogen and oxygen atoms in total. The maximum atomic E-state index is 12.4. The van der Waals surface area contributed by atoms with Crippen LogP contribution in [0.4, 0.5) is 0 Å². The maximum Gasteiger partial charge on any atom is 0.337 e. The molecule has 0 saturated carbocycles. The maximum absolute atomic E-state index is 12.4. The lowest BCUT2D eigenvalue weighted by Gasteiger charge is -2.28. The number of aryl methyl sites for hydroxylation is 1. The van der Waals surface area contributed by atoms with Crippen molar-refractivity contribution in [2.24, 2.45) is 0 Å². The van der Waals surface area contributed by atoms with Crippen molar-refractivity contribution in [3.63, 3.8) is 0 Å². The first-order valence-corrected chi connectivity index (χ1v) is 12.6. The molecule has 0 aliphatic carbocycles. The Hall–Kier alpha value is -1.84. The number of fused-ring (bicyclic) bond motifs is 1. The van der Waals surface area contributed by atoms with Crippen LogP contribution in [0.2, 0.25) is 5.02 Å². The number of hydrogen-bond acceptors (Lipinski definition) is 6. The first kappa shape index (κ1) is 23.3. The average Bonchev–Trinajstić information content (AvgIpc) is 3.31. The highest BCUT2D eigenvalue weighted by molar-refractivity contribution is 9.10. The van der Waals surface area contributed by atoms with Crippen LogP contribution < -0.4 is 0 Å². The molecule has 0 amide bonds. The van der Waals surface area contributed by atoms with Crippen LogP contribution in [0, 0.1) is 6.92 Å². The number of ether oxygens (including phenoxy) is 1. The fourth-order valence-electron chi connectivity index (χ4n) is 3.48. The van der Waals surface area contributed by atoms with Crippen LogP contribution in [-0.2, 0) is 9.53 Å². The zero-order chi connectivity index (χ0) is 23.2. The van der Waals surface area contributed by atoms with E-state index in [1.807, 2.05) is 51.3 Å². The largest absolute Gasteiger partial charge is 0.479 e. The molecule has 4 aromatic rings. The van der Waals surface area contributed by atoms with Gasteiger partial charge < -0.3 is 9.84 Å². The monoisotopic (exact) mass is 550 g/mol. The van der Waals surface area contributed by atoms with Gasteiger partial charge in [-0.2, -0.15) is 0 Å². The number of thiazole rings is 2. The standard InChI is InChI=1S/C23H20BrClN2O3S2/c1-11-9-14-19(32-21(26-14)20-27-15(24)10-31-20)17(12-5-7-13(25)8-6-12)16(11)18(22(28)29)30-23(2,3)4/h5-10,18H,1-4H3,(H,28,29)/t18-/m0/s1. The first-order chi connectivity index (χ1) is 15.0. The van der Waals surface area contributed by atoms with Crippen molar-refractivity contribution in [3.05, 3.63) is 56.5 Å². The van der Waals surface area contributed by atoms with E-state index in [0.29, 0.717) is 10.6 Å². The number of carbonyl (C=O) groups is 1. The smallest absolute Gasteiger partial charge is 0.337 e. The van der Waals surface area contributed by atoms with E-state index in [9.17, 15) is 9.90 Å². The summed E-state index contributed by atoms with van der Waals surface area (Å²) in [5.41, 5.74) is 3.23. The van der Waals surface area contributed by atoms with E-state index in [1.165, 1.54) is 22.7 Å². The van der Waals surface area contributed by atoms with Crippen LogP contribution in [0.15, 0.2) is 40.3 Å². The number of carboxylic acid groups (broad SMARTS) is 1. The Morgan fingerprint density at radius 1 is 1.19 bits per heavy atom. The third-order valence-corrected chi connectivity index (χ3v) is 7.71. The first-order valence-electron chi connectivity index (χ1n) is 9.75. The zero-order valence-corrected chi connectivity index (χ0v) is 21.7. The van der Waals surface area contributed by atoms with E-state index in [0.717, 1.165) is 41.5 Å². The normalized spacial score (nSPS) is 12.9. The van der Waals surface area contributed by atoms with Crippen molar-refractivity contribution in [3.8, 4) is 21.1 Å². The molecule has 0 spiro atoms. The van der Waals surface area contributed by atoms with Crippen LogP contribution in [0.3, 0.4) is 0 Å². The van der Waals surface area contributed by atoms with Crippen molar-refractivity contribution in [2.75, 3.05) is 0 Å². The van der Waals surface area contributed by atoms with Crippen LogP contribution in [-0.4, -0.2) is 26.6 Å². The topological polar surface area (TPSA) is 72.3 Å². The van der Waals surface area contributed by atoms with Gasteiger partial charge in [-0.1, -0.05) is 23.7 Å². The van der Waals surface area contributed by atoms with E-state index in [-0.39, 0.29) is 0 Å². The number of carboxylic acids is 1. The minimum Gasteiger partial charge on any atom is -0.479 e. The molecule has 0 unspecified atom stereocenters. The van der Waals surface area contributed by atoms with Gasteiger partial charge in [0.05, 0.1) is 15.8 Å². The average molecular weight is 552 g/mol. The molecule has 166 valence electrons. The van der Waals surface area contributed by atoms with E-state index in [1.54, 1.807) is 12.1 Å². The van der Waals surface area contributed by atoms with E-state index < -0.39 is 17.7 Å². The van der Waals surface area contributed by atoms with Gasteiger partial charge in [-0.05, 0) is 73.0 Å². The predicted molar refractivity (Wildman–Crippen MR) is 135 cm³/mol. The Kier molecular flexibility index (Phi) is 6.44. The summed E-state index contributed by atoms with van der Waals surface area (Å²) in [5, 5.41) is 14.2. The molecule has 2 aromatic heterocycles. The van der Waals surface area contributed by atoms with Crippen molar-refractivity contribution < 1.29 is 14.6 Å². The van der Waals surface area contributed by atoms with Gasteiger partial charge in [0.1, 0.15) is 4.60 Å². The Labute approximate surface area is 207 Å². The van der Waals surface area contributed by atoms with Crippen molar-refractivity contribution in [1.82, 2.24) is 9.97 Å².